The number of rotatable bonds is 4. The third-order valence-electron chi connectivity index (χ3n) is 2.55. The summed E-state index contributed by atoms with van der Waals surface area (Å²) in [7, 11) is 0. The molecule has 0 radical (unpaired) electrons. The lowest BCUT2D eigenvalue weighted by atomic mass is 10.1. The number of aliphatic hydroxyl groups is 1. The van der Waals surface area contributed by atoms with Crippen molar-refractivity contribution in [3.8, 4) is 5.75 Å². The van der Waals surface area contributed by atoms with Gasteiger partial charge in [-0.15, -0.1) is 13.2 Å². The maximum Gasteiger partial charge on any atom is 0.573 e. The molecule has 2 N–H and O–H groups in total. The predicted molar refractivity (Wildman–Crippen MR) is 62.9 cm³/mol. The summed E-state index contributed by atoms with van der Waals surface area (Å²) in [4.78, 5) is 10.7. The number of ether oxygens (including phenoxy) is 1. The van der Waals surface area contributed by atoms with Gasteiger partial charge in [-0.2, -0.15) is 0 Å². The summed E-state index contributed by atoms with van der Waals surface area (Å²) in [6, 6.07) is 7.22. The molecule has 0 saturated heterocycles. The third kappa shape index (κ3) is 3.54. The van der Waals surface area contributed by atoms with Gasteiger partial charge in [0.2, 0.25) is 5.76 Å². The number of benzene rings is 1. The monoisotopic (exact) mass is 302 g/mol. The van der Waals surface area contributed by atoms with Gasteiger partial charge in [0, 0.05) is 5.56 Å². The van der Waals surface area contributed by atoms with Crippen LogP contribution >= 0.6 is 0 Å². The quantitative estimate of drug-likeness (QED) is 0.907. The van der Waals surface area contributed by atoms with E-state index in [1.807, 2.05) is 0 Å². The van der Waals surface area contributed by atoms with E-state index in [0.717, 1.165) is 12.1 Å². The molecular formula is C13H9F3O5. The smallest absolute Gasteiger partial charge is 0.475 e. The number of furan rings is 1. The van der Waals surface area contributed by atoms with Crippen LogP contribution in [0.15, 0.2) is 40.8 Å². The average Bonchev–Trinajstić information content (AvgIpc) is 2.86. The number of para-hydroxylation sites is 1. The molecule has 0 aliphatic heterocycles. The lowest BCUT2D eigenvalue weighted by Crippen LogP contribution is -2.18. The van der Waals surface area contributed by atoms with Crippen molar-refractivity contribution in [2.45, 2.75) is 12.5 Å². The number of aromatic carboxylic acids is 1. The van der Waals surface area contributed by atoms with Crippen LogP contribution in [0.4, 0.5) is 13.2 Å². The Kier molecular flexibility index (Phi) is 3.90. The normalized spacial score (nSPS) is 13.0. The van der Waals surface area contributed by atoms with Gasteiger partial charge >= 0.3 is 12.3 Å². The SMILES string of the molecule is O=C(O)c1ccc(C(O)c2ccccc2OC(F)(F)F)o1. The highest BCUT2D eigenvalue weighted by Gasteiger charge is 2.33. The van der Waals surface area contributed by atoms with E-state index in [9.17, 15) is 23.1 Å². The van der Waals surface area contributed by atoms with E-state index in [4.69, 9.17) is 9.52 Å². The molecule has 0 amide bonds. The number of alkyl halides is 3. The Morgan fingerprint density at radius 1 is 1.19 bits per heavy atom. The van der Waals surface area contributed by atoms with Crippen molar-refractivity contribution >= 4 is 5.97 Å². The van der Waals surface area contributed by atoms with E-state index >= 15 is 0 Å². The lowest BCUT2D eigenvalue weighted by Gasteiger charge is -2.15. The first-order chi connectivity index (χ1) is 9.78. The third-order valence-corrected chi connectivity index (χ3v) is 2.55. The minimum absolute atomic E-state index is 0.193. The first kappa shape index (κ1) is 14.9. The highest BCUT2D eigenvalue weighted by Crippen LogP contribution is 2.33. The highest BCUT2D eigenvalue weighted by molar-refractivity contribution is 5.84. The molecular weight excluding hydrogens is 293 g/mol. The number of carbonyl (C=O) groups is 1. The summed E-state index contributed by atoms with van der Waals surface area (Å²) in [6.07, 6.45) is -6.50. The lowest BCUT2D eigenvalue weighted by molar-refractivity contribution is -0.275. The molecule has 112 valence electrons. The minimum Gasteiger partial charge on any atom is -0.475 e. The van der Waals surface area contributed by atoms with E-state index < -0.39 is 29.9 Å². The number of carboxylic acids is 1. The average molecular weight is 302 g/mol. The van der Waals surface area contributed by atoms with E-state index in [1.54, 1.807) is 0 Å². The Bertz CT molecular complexity index is 647. The van der Waals surface area contributed by atoms with Gasteiger partial charge in [0.25, 0.3) is 0 Å². The number of hydrogen-bond donors (Lipinski definition) is 2. The molecule has 21 heavy (non-hydrogen) atoms. The second-order valence-corrected chi connectivity index (χ2v) is 4.00. The molecule has 5 nitrogen and oxygen atoms in total. The predicted octanol–water partition coefficient (Wildman–Crippen LogP) is 2.96. The Morgan fingerprint density at radius 2 is 1.86 bits per heavy atom. The zero-order valence-electron chi connectivity index (χ0n) is 10.3. The van der Waals surface area contributed by atoms with Crippen LogP contribution in [-0.2, 0) is 0 Å². The fraction of sp³-hybridized carbons (Fsp3) is 0.154. The molecule has 0 aliphatic carbocycles. The maximum absolute atomic E-state index is 12.3. The van der Waals surface area contributed by atoms with E-state index in [2.05, 4.69) is 4.74 Å². The number of carboxylic acid groups (broad SMARTS) is 1. The largest absolute Gasteiger partial charge is 0.573 e. The molecule has 0 saturated carbocycles. The summed E-state index contributed by atoms with van der Waals surface area (Å²) in [6.45, 7) is 0. The second kappa shape index (κ2) is 5.49. The fourth-order valence-electron chi connectivity index (χ4n) is 1.69. The Morgan fingerprint density at radius 3 is 2.43 bits per heavy atom. The Balaban J connectivity index is 2.34. The van der Waals surface area contributed by atoms with Gasteiger partial charge in [0.15, 0.2) is 0 Å². The van der Waals surface area contributed by atoms with Gasteiger partial charge in [0.1, 0.15) is 17.6 Å². The van der Waals surface area contributed by atoms with Crippen molar-refractivity contribution in [1.82, 2.24) is 0 Å². The summed E-state index contributed by atoms with van der Waals surface area (Å²) in [5.74, 6) is -2.58. The summed E-state index contributed by atoms with van der Waals surface area (Å²) < 4.78 is 45.5. The van der Waals surface area contributed by atoms with Crippen molar-refractivity contribution in [2.75, 3.05) is 0 Å². The molecule has 1 atom stereocenters. The van der Waals surface area contributed by atoms with Crippen LogP contribution in [-0.4, -0.2) is 22.5 Å². The molecule has 2 aromatic rings. The Labute approximate surface area is 116 Å². The van der Waals surface area contributed by atoms with Crippen molar-refractivity contribution in [2.24, 2.45) is 0 Å². The molecule has 1 aromatic heterocycles. The fourth-order valence-corrected chi connectivity index (χ4v) is 1.69. The van der Waals surface area contributed by atoms with Gasteiger partial charge in [-0.1, -0.05) is 18.2 Å². The molecule has 8 heteroatoms. The molecule has 0 bridgehead atoms. The zero-order valence-corrected chi connectivity index (χ0v) is 10.3. The standard InChI is InChI=1S/C13H9F3O5/c14-13(15,16)21-8-4-2-1-3-7(8)11(17)9-5-6-10(20-9)12(18)19/h1-6,11,17H,(H,18,19). The molecule has 2 rings (SSSR count). The van der Waals surface area contributed by atoms with Gasteiger partial charge in [-0.05, 0) is 18.2 Å². The topological polar surface area (TPSA) is 79.9 Å². The molecule has 1 heterocycles. The van der Waals surface area contributed by atoms with Crippen molar-refractivity contribution in [1.29, 1.82) is 0 Å². The van der Waals surface area contributed by atoms with Gasteiger partial charge in [0.05, 0.1) is 0 Å². The van der Waals surface area contributed by atoms with Crippen LogP contribution in [0.3, 0.4) is 0 Å². The van der Waals surface area contributed by atoms with Gasteiger partial charge in [-0.25, -0.2) is 4.79 Å². The highest BCUT2D eigenvalue weighted by atomic mass is 19.4. The summed E-state index contributed by atoms with van der Waals surface area (Å²) >= 11 is 0. The molecule has 0 fully saturated rings. The first-order valence-electron chi connectivity index (χ1n) is 5.63. The van der Waals surface area contributed by atoms with Crippen LogP contribution in [0.2, 0.25) is 0 Å². The number of halogens is 3. The first-order valence-corrected chi connectivity index (χ1v) is 5.63. The van der Waals surface area contributed by atoms with Crippen LogP contribution in [0.25, 0.3) is 0 Å². The van der Waals surface area contributed by atoms with Crippen LogP contribution in [0, 0.1) is 0 Å². The Hall–Kier alpha value is -2.48. The molecule has 1 unspecified atom stereocenters. The van der Waals surface area contributed by atoms with Crippen molar-refractivity contribution < 1.29 is 37.3 Å². The molecule has 0 aliphatic rings. The van der Waals surface area contributed by atoms with Crippen LogP contribution < -0.4 is 4.74 Å². The van der Waals surface area contributed by atoms with E-state index in [-0.39, 0.29) is 11.3 Å². The van der Waals surface area contributed by atoms with Gasteiger partial charge in [-0.3, -0.25) is 0 Å². The number of hydrogen-bond acceptors (Lipinski definition) is 4. The second-order valence-electron chi connectivity index (χ2n) is 4.00. The van der Waals surface area contributed by atoms with Crippen LogP contribution in [0.1, 0.15) is 28.0 Å². The maximum atomic E-state index is 12.3. The number of aliphatic hydroxyl groups excluding tert-OH is 1. The minimum atomic E-state index is -4.91. The summed E-state index contributed by atoms with van der Waals surface area (Å²) in [5.41, 5.74) is -0.193. The summed E-state index contributed by atoms with van der Waals surface area (Å²) in [5, 5.41) is 18.7. The van der Waals surface area contributed by atoms with E-state index in [1.165, 1.54) is 24.3 Å². The van der Waals surface area contributed by atoms with Crippen molar-refractivity contribution in [3.63, 3.8) is 0 Å². The van der Waals surface area contributed by atoms with Crippen molar-refractivity contribution in [3.05, 3.63) is 53.5 Å². The van der Waals surface area contributed by atoms with Crippen LogP contribution in [0.5, 0.6) is 5.75 Å². The molecule has 1 aromatic carbocycles. The zero-order chi connectivity index (χ0) is 15.6. The van der Waals surface area contributed by atoms with E-state index in [0.29, 0.717) is 0 Å². The van der Waals surface area contributed by atoms with Gasteiger partial charge < -0.3 is 19.4 Å². The molecule has 0 spiro atoms.